The second kappa shape index (κ2) is 5.86. The molecule has 0 bridgehead atoms. The summed E-state index contributed by atoms with van der Waals surface area (Å²) in [5.74, 6) is 2.37. The van der Waals surface area contributed by atoms with Crippen molar-refractivity contribution in [1.29, 1.82) is 0 Å². The Labute approximate surface area is 94.5 Å². The highest BCUT2D eigenvalue weighted by molar-refractivity contribution is 4.86. The molecule has 0 heterocycles. The van der Waals surface area contributed by atoms with E-state index in [0.29, 0.717) is 6.04 Å². The molecule has 0 spiro atoms. The van der Waals surface area contributed by atoms with Gasteiger partial charge in [0.15, 0.2) is 0 Å². The van der Waals surface area contributed by atoms with Crippen LogP contribution in [0, 0.1) is 17.8 Å². The second-order valence-corrected chi connectivity index (χ2v) is 5.68. The lowest BCUT2D eigenvalue weighted by molar-refractivity contribution is 0.144. The van der Waals surface area contributed by atoms with Gasteiger partial charge in [0.2, 0.25) is 0 Å². The average molecular weight is 213 g/mol. The Kier molecular flexibility index (Phi) is 5.07. The molecular formula is C13H27NO. The molecule has 1 aliphatic rings. The van der Waals surface area contributed by atoms with Crippen LogP contribution in [0.2, 0.25) is 0 Å². The largest absolute Gasteiger partial charge is 0.395 e. The van der Waals surface area contributed by atoms with Crippen LogP contribution in [0.15, 0.2) is 0 Å². The molecule has 0 radical (unpaired) electrons. The zero-order valence-corrected chi connectivity index (χ0v) is 10.7. The molecule has 90 valence electrons. The average Bonchev–Trinajstić information content (AvgIpc) is 2.17. The van der Waals surface area contributed by atoms with Crippen molar-refractivity contribution in [3.8, 4) is 0 Å². The number of nitrogens with one attached hydrogen (secondary N) is 1. The van der Waals surface area contributed by atoms with E-state index in [0.717, 1.165) is 17.8 Å². The van der Waals surface area contributed by atoms with Gasteiger partial charge in [0.1, 0.15) is 0 Å². The fraction of sp³-hybridized carbons (Fsp3) is 1.00. The van der Waals surface area contributed by atoms with E-state index >= 15 is 0 Å². The lowest BCUT2D eigenvalue weighted by Gasteiger charge is -2.39. The van der Waals surface area contributed by atoms with Crippen LogP contribution in [0.3, 0.4) is 0 Å². The van der Waals surface area contributed by atoms with E-state index < -0.39 is 0 Å². The minimum absolute atomic E-state index is 0.238. The molecule has 1 fully saturated rings. The Morgan fingerprint density at radius 1 is 1.27 bits per heavy atom. The van der Waals surface area contributed by atoms with Crippen molar-refractivity contribution in [2.45, 2.75) is 59.0 Å². The van der Waals surface area contributed by atoms with Crippen LogP contribution in [-0.4, -0.2) is 23.8 Å². The molecule has 2 nitrogen and oxygen atoms in total. The molecule has 4 atom stereocenters. The third-order valence-electron chi connectivity index (χ3n) is 3.79. The minimum atomic E-state index is 0.238. The molecule has 0 unspecified atom stereocenters. The summed E-state index contributed by atoms with van der Waals surface area (Å²) in [6, 6.07) is 0.845. The monoisotopic (exact) mass is 213 g/mol. The predicted molar refractivity (Wildman–Crippen MR) is 64.8 cm³/mol. The smallest absolute Gasteiger partial charge is 0.0582 e. The quantitative estimate of drug-likeness (QED) is 0.751. The van der Waals surface area contributed by atoms with Crippen LogP contribution < -0.4 is 5.32 Å². The van der Waals surface area contributed by atoms with E-state index in [2.05, 4.69) is 33.0 Å². The molecule has 0 aromatic heterocycles. The van der Waals surface area contributed by atoms with Crippen molar-refractivity contribution >= 4 is 0 Å². The Morgan fingerprint density at radius 3 is 2.47 bits per heavy atom. The molecule has 2 N–H and O–H groups in total. The zero-order chi connectivity index (χ0) is 11.4. The molecule has 0 aromatic rings. The number of aliphatic hydroxyl groups is 1. The number of aliphatic hydroxyl groups excluding tert-OH is 1. The number of hydrogen-bond acceptors (Lipinski definition) is 2. The van der Waals surface area contributed by atoms with Crippen LogP contribution in [0.25, 0.3) is 0 Å². The van der Waals surface area contributed by atoms with Crippen molar-refractivity contribution < 1.29 is 5.11 Å². The molecule has 2 heteroatoms. The van der Waals surface area contributed by atoms with Gasteiger partial charge in [-0.1, -0.05) is 27.2 Å². The summed E-state index contributed by atoms with van der Waals surface area (Å²) >= 11 is 0. The lowest BCUT2D eigenvalue weighted by Crippen LogP contribution is -2.47. The summed E-state index contributed by atoms with van der Waals surface area (Å²) in [7, 11) is 0. The van der Waals surface area contributed by atoms with Gasteiger partial charge in [-0.25, -0.2) is 0 Å². The van der Waals surface area contributed by atoms with Gasteiger partial charge in [-0.15, -0.1) is 0 Å². The van der Waals surface area contributed by atoms with E-state index in [1.54, 1.807) is 0 Å². The number of rotatable bonds is 4. The highest BCUT2D eigenvalue weighted by Crippen LogP contribution is 2.33. The van der Waals surface area contributed by atoms with E-state index in [1.807, 2.05) is 0 Å². The highest BCUT2D eigenvalue weighted by Gasteiger charge is 2.30. The normalized spacial score (nSPS) is 34.4. The molecule has 0 amide bonds. The third-order valence-corrected chi connectivity index (χ3v) is 3.79. The zero-order valence-electron chi connectivity index (χ0n) is 10.7. The van der Waals surface area contributed by atoms with Crippen LogP contribution in [-0.2, 0) is 0 Å². The van der Waals surface area contributed by atoms with Crippen LogP contribution in [0.5, 0.6) is 0 Å². The molecule has 1 saturated carbocycles. The Hall–Kier alpha value is -0.0800. The van der Waals surface area contributed by atoms with Gasteiger partial charge in [0.25, 0.3) is 0 Å². The maximum Gasteiger partial charge on any atom is 0.0582 e. The Morgan fingerprint density at radius 2 is 1.93 bits per heavy atom. The Balaban J connectivity index is 2.54. The van der Waals surface area contributed by atoms with Crippen molar-refractivity contribution in [2.75, 3.05) is 6.61 Å². The first-order valence-electron chi connectivity index (χ1n) is 6.41. The first-order valence-corrected chi connectivity index (χ1v) is 6.41. The second-order valence-electron chi connectivity index (χ2n) is 5.68. The number of hydrogen-bond donors (Lipinski definition) is 2. The van der Waals surface area contributed by atoms with Gasteiger partial charge in [0.05, 0.1) is 6.61 Å². The maximum atomic E-state index is 9.09. The molecule has 0 aromatic carbocycles. The van der Waals surface area contributed by atoms with Crippen LogP contribution >= 0.6 is 0 Å². The van der Waals surface area contributed by atoms with Gasteiger partial charge in [-0.2, -0.15) is 0 Å². The first kappa shape index (κ1) is 13.0. The topological polar surface area (TPSA) is 32.3 Å². The summed E-state index contributed by atoms with van der Waals surface area (Å²) in [6.45, 7) is 9.29. The summed E-state index contributed by atoms with van der Waals surface area (Å²) in [5, 5.41) is 12.7. The summed E-state index contributed by atoms with van der Waals surface area (Å²) in [4.78, 5) is 0. The standard InChI is InChI=1S/C13H27NO/c1-9(2)12-6-5-10(3)7-13(12)14-11(4)8-15/h9-15H,5-8H2,1-4H3/t10-,11+,12+,13-/m1/s1. The van der Waals surface area contributed by atoms with E-state index in [4.69, 9.17) is 5.11 Å². The van der Waals surface area contributed by atoms with E-state index in [-0.39, 0.29) is 12.6 Å². The summed E-state index contributed by atoms with van der Waals surface area (Å²) in [5.41, 5.74) is 0. The first-order chi connectivity index (χ1) is 7.04. The van der Waals surface area contributed by atoms with Crippen molar-refractivity contribution in [3.05, 3.63) is 0 Å². The van der Waals surface area contributed by atoms with Gasteiger partial charge >= 0.3 is 0 Å². The predicted octanol–water partition coefficient (Wildman–Crippen LogP) is 2.42. The molecule has 1 aliphatic carbocycles. The summed E-state index contributed by atoms with van der Waals surface area (Å²) < 4.78 is 0. The molecular weight excluding hydrogens is 186 g/mol. The third kappa shape index (κ3) is 3.76. The van der Waals surface area contributed by atoms with Crippen LogP contribution in [0.4, 0.5) is 0 Å². The summed E-state index contributed by atoms with van der Waals surface area (Å²) in [6.07, 6.45) is 3.98. The molecule has 15 heavy (non-hydrogen) atoms. The van der Waals surface area contributed by atoms with Gasteiger partial charge in [0, 0.05) is 12.1 Å². The lowest BCUT2D eigenvalue weighted by atomic mass is 9.74. The highest BCUT2D eigenvalue weighted by atomic mass is 16.3. The molecule has 1 rings (SSSR count). The van der Waals surface area contributed by atoms with Crippen LogP contribution in [0.1, 0.15) is 47.0 Å². The van der Waals surface area contributed by atoms with E-state index in [1.165, 1.54) is 19.3 Å². The van der Waals surface area contributed by atoms with Crippen molar-refractivity contribution in [3.63, 3.8) is 0 Å². The molecule has 0 saturated heterocycles. The maximum absolute atomic E-state index is 9.09. The SMILES string of the molecule is CC(C)[C@@H]1CC[C@@H](C)C[C@H]1N[C@@H](C)CO. The van der Waals surface area contributed by atoms with Crippen molar-refractivity contribution in [1.82, 2.24) is 5.32 Å². The van der Waals surface area contributed by atoms with Gasteiger partial charge < -0.3 is 10.4 Å². The fourth-order valence-corrected chi connectivity index (χ4v) is 2.81. The van der Waals surface area contributed by atoms with Crippen molar-refractivity contribution in [2.24, 2.45) is 17.8 Å². The molecule has 0 aliphatic heterocycles. The van der Waals surface area contributed by atoms with Gasteiger partial charge in [-0.3, -0.25) is 0 Å². The minimum Gasteiger partial charge on any atom is -0.395 e. The van der Waals surface area contributed by atoms with Gasteiger partial charge in [-0.05, 0) is 37.5 Å². The Bertz CT molecular complexity index is 181. The fourth-order valence-electron chi connectivity index (χ4n) is 2.81. The van der Waals surface area contributed by atoms with E-state index in [9.17, 15) is 0 Å².